The standard InChI is InChI=1S/C46H40N2S/c1-45(2,3)35-20-17-29(18-21-35)37-24-22-36(46(4,5)6)28-41(37)34-14-10-13-32(26-34)30-11-9-12-31(25-30)33-19-23-39-38-15-7-8-16-40(38)43-44(42(39)27-33)48-49-47-43/h7-28H,1-6H3. The Morgan fingerprint density at radius 2 is 0.878 bits per heavy atom. The normalized spacial score (nSPS) is 12.3. The molecule has 0 aliphatic rings. The molecule has 0 bridgehead atoms. The van der Waals surface area contributed by atoms with E-state index in [1.54, 1.807) is 0 Å². The molecule has 0 saturated heterocycles. The fourth-order valence-electron chi connectivity index (χ4n) is 7.02. The maximum absolute atomic E-state index is 4.73. The summed E-state index contributed by atoms with van der Waals surface area (Å²) < 4.78 is 9.41. The third-order valence-corrected chi connectivity index (χ3v) is 10.4. The Bertz CT molecular complexity index is 2510. The van der Waals surface area contributed by atoms with Gasteiger partial charge in [-0.3, -0.25) is 0 Å². The van der Waals surface area contributed by atoms with Gasteiger partial charge in [-0.2, -0.15) is 8.75 Å². The lowest BCUT2D eigenvalue weighted by Gasteiger charge is -2.23. The molecule has 7 aromatic carbocycles. The van der Waals surface area contributed by atoms with Gasteiger partial charge in [0.1, 0.15) is 11.0 Å². The Kier molecular flexibility index (Phi) is 7.50. The highest BCUT2D eigenvalue weighted by molar-refractivity contribution is 7.00. The Hall–Kier alpha value is -5.12. The number of aromatic nitrogens is 2. The van der Waals surface area contributed by atoms with Crippen LogP contribution >= 0.6 is 11.7 Å². The van der Waals surface area contributed by atoms with Gasteiger partial charge in [0.2, 0.25) is 0 Å². The molecule has 0 amide bonds. The van der Waals surface area contributed by atoms with E-state index in [1.165, 1.54) is 78.1 Å². The molecule has 0 radical (unpaired) electrons. The van der Waals surface area contributed by atoms with Crippen LogP contribution in [0, 0.1) is 0 Å². The van der Waals surface area contributed by atoms with E-state index in [4.69, 9.17) is 4.37 Å². The van der Waals surface area contributed by atoms with Crippen molar-refractivity contribution in [2.45, 2.75) is 52.4 Å². The van der Waals surface area contributed by atoms with E-state index in [0.29, 0.717) is 0 Å². The molecule has 240 valence electrons. The molecule has 1 aromatic heterocycles. The van der Waals surface area contributed by atoms with Crippen LogP contribution < -0.4 is 0 Å². The highest BCUT2D eigenvalue weighted by Crippen LogP contribution is 2.40. The van der Waals surface area contributed by atoms with Crippen LogP contribution in [0.2, 0.25) is 0 Å². The van der Waals surface area contributed by atoms with Gasteiger partial charge in [-0.15, -0.1) is 0 Å². The van der Waals surface area contributed by atoms with Crippen molar-refractivity contribution in [3.63, 3.8) is 0 Å². The highest BCUT2D eigenvalue weighted by Gasteiger charge is 2.19. The second-order valence-electron chi connectivity index (χ2n) is 15.3. The summed E-state index contributed by atoms with van der Waals surface area (Å²) in [4.78, 5) is 0. The van der Waals surface area contributed by atoms with Crippen molar-refractivity contribution in [3.8, 4) is 44.5 Å². The molecule has 1 heterocycles. The summed E-state index contributed by atoms with van der Waals surface area (Å²) in [5, 5.41) is 4.74. The summed E-state index contributed by atoms with van der Waals surface area (Å²) in [7, 11) is 0. The van der Waals surface area contributed by atoms with Crippen molar-refractivity contribution < 1.29 is 0 Å². The second-order valence-corrected chi connectivity index (χ2v) is 15.8. The number of fused-ring (bicyclic) bond motifs is 6. The maximum atomic E-state index is 4.73. The van der Waals surface area contributed by atoms with E-state index >= 15 is 0 Å². The van der Waals surface area contributed by atoms with Crippen LogP contribution in [0.25, 0.3) is 77.1 Å². The molecular weight excluding hydrogens is 613 g/mol. The largest absolute Gasteiger partial charge is 0.172 e. The molecule has 0 unspecified atom stereocenters. The van der Waals surface area contributed by atoms with Crippen LogP contribution in [0.15, 0.2) is 133 Å². The Labute approximate surface area is 293 Å². The minimum atomic E-state index is 0.0433. The van der Waals surface area contributed by atoms with Crippen LogP contribution in [0.1, 0.15) is 52.7 Å². The van der Waals surface area contributed by atoms with Gasteiger partial charge in [0.15, 0.2) is 0 Å². The van der Waals surface area contributed by atoms with Gasteiger partial charge in [-0.05, 0) is 95.4 Å². The number of hydrogen-bond donors (Lipinski definition) is 0. The van der Waals surface area contributed by atoms with E-state index < -0.39 is 0 Å². The van der Waals surface area contributed by atoms with Crippen LogP contribution in [-0.2, 0) is 10.8 Å². The molecule has 0 N–H and O–H groups in total. The second kappa shape index (κ2) is 11.8. The summed E-state index contributed by atoms with van der Waals surface area (Å²) in [5.74, 6) is 0. The zero-order chi connectivity index (χ0) is 33.9. The highest BCUT2D eigenvalue weighted by atomic mass is 32.1. The first-order valence-electron chi connectivity index (χ1n) is 17.1. The molecule has 0 aliphatic carbocycles. The van der Waals surface area contributed by atoms with Crippen molar-refractivity contribution in [1.82, 2.24) is 8.75 Å². The molecule has 49 heavy (non-hydrogen) atoms. The first-order valence-corrected chi connectivity index (χ1v) is 17.8. The monoisotopic (exact) mass is 652 g/mol. The molecule has 2 nitrogen and oxygen atoms in total. The summed E-state index contributed by atoms with van der Waals surface area (Å²) in [6.45, 7) is 13.7. The molecule has 8 rings (SSSR count). The zero-order valence-electron chi connectivity index (χ0n) is 29.0. The van der Waals surface area contributed by atoms with E-state index in [1.807, 2.05) is 0 Å². The fraction of sp³-hybridized carbons (Fsp3) is 0.174. The van der Waals surface area contributed by atoms with Gasteiger partial charge >= 0.3 is 0 Å². The van der Waals surface area contributed by atoms with Crippen molar-refractivity contribution in [2.24, 2.45) is 0 Å². The van der Waals surface area contributed by atoms with Crippen molar-refractivity contribution in [1.29, 1.82) is 0 Å². The SMILES string of the molecule is CC(C)(C)c1ccc(-c2ccc(C(C)(C)C)cc2-c2cccc(-c3cccc(-c4ccc5c6ccccc6c6nsnc6c5c4)c3)c2)cc1. The Balaban J connectivity index is 1.22. The van der Waals surface area contributed by atoms with Gasteiger partial charge in [0.05, 0.1) is 11.7 Å². The van der Waals surface area contributed by atoms with E-state index in [2.05, 4.69) is 179 Å². The fourth-order valence-corrected chi connectivity index (χ4v) is 7.59. The Morgan fingerprint density at radius 3 is 1.53 bits per heavy atom. The maximum Gasteiger partial charge on any atom is 0.113 e. The summed E-state index contributed by atoms with van der Waals surface area (Å²) >= 11 is 1.29. The third-order valence-electron chi connectivity index (χ3n) is 9.89. The predicted molar refractivity (Wildman–Crippen MR) is 212 cm³/mol. The lowest BCUT2D eigenvalue weighted by molar-refractivity contribution is 0.590. The lowest BCUT2D eigenvalue weighted by atomic mass is 9.82. The average Bonchev–Trinajstić information content (AvgIpc) is 3.62. The average molecular weight is 653 g/mol. The summed E-state index contributed by atoms with van der Waals surface area (Å²) in [6.07, 6.45) is 0. The molecule has 0 fully saturated rings. The minimum Gasteiger partial charge on any atom is -0.172 e. The number of benzene rings is 7. The number of nitrogens with zero attached hydrogens (tertiary/aromatic N) is 2. The van der Waals surface area contributed by atoms with Crippen LogP contribution in [-0.4, -0.2) is 8.75 Å². The zero-order valence-corrected chi connectivity index (χ0v) is 29.8. The van der Waals surface area contributed by atoms with Gasteiger partial charge < -0.3 is 0 Å². The first kappa shape index (κ1) is 31.2. The van der Waals surface area contributed by atoms with Crippen LogP contribution in [0.5, 0.6) is 0 Å². The van der Waals surface area contributed by atoms with E-state index in [0.717, 1.165) is 21.8 Å². The van der Waals surface area contributed by atoms with Gasteiger partial charge in [-0.1, -0.05) is 157 Å². The third kappa shape index (κ3) is 5.72. The number of hydrogen-bond acceptors (Lipinski definition) is 3. The van der Waals surface area contributed by atoms with E-state index in [-0.39, 0.29) is 10.8 Å². The van der Waals surface area contributed by atoms with E-state index in [9.17, 15) is 0 Å². The molecule has 0 atom stereocenters. The smallest absolute Gasteiger partial charge is 0.113 e. The molecule has 3 heteroatoms. The summed E-state index contributed by atoms with van der Waals surface area (Å²) in [5.41, 5.74) is 14.5. The first-order chi connectivity index (χ1) is 23.5. The number of rotatable bonds is 4. The van der Waals surface area contributed by atoms with Crippen molar-refractivity contribution >= 4 is 44.3 Å². The van der Waals surface area contributed by atoms with Gasteiger partial charge in [-0.25, -0.2) is 0 Å². The van der Waals surface area contributed by atoms with Crippen LogP contribution in [0.4, 0.5) is 0 Å². The van der Waals surface area contributed by atoms with Crippen molar-refractivity contribution in [2.75, 3.05) is 0 Å². The van der Waals surface area contributed by atoms with Crippen molar-refractivity contribution in [3.05, 3.63) is 145 Å². The quantitative estimate of drug-likeness (QED) is 0.177. The molecule has 0 spiro atoms. The van der Waals surface area contributed by atoms with Crippen LogP contribution in [0.3, 0.4) is 0 Å². The Morgan fingerprint density at radius 1 is 0.367 bits per heavy atom. The lowest BCUT2D eigenvalue weighted by Crippen LogP contribution is -2.11. The molecule has 0 saturated carbocycles. The van der Waals surface area contributed by atoms with Gasteiger partial charge in [0.25, 0.3) is 0 Å². The predicted octanol–water partition coefficient (Wildman–Crippen LogP) is 13.3. The molecule has 0 aliphatic heterocycles. The minimum absolute atomic E-state index is 0.0433. The topological polar surface area (TPSA) is 25.8 Å². The van der Waals surface area contributed by atoms with Gasteiger partial charge in [0, 0.05) is 10.8 Å². The summed E-state index contributed by atoms with van der Waals surface area (Å²) in [6, 6.07) is 49.4. The molecule has 8 aromatic rings. The molecular formula is C46H40N2S.